The highest BCUT2D eigenvalue weighted by atomic mass is 16.5. The predicted octanol–water partition coefficient (Wildman–Crippen LogP) is 1.93. The minimum Gasteiger partial charge on any atom is -0.467 e. The molecule has 0 bridgehead atoms. The number of methoxy groups -OCH3 is 1. The molecule has 1 unspecified atom stereocenters. The molecular weight excluding hydrogens is 318 g/mol. The van der Waals surface area contributed by atoms with Crippen molar-refractivity contribution in [3.63, 3.8) is 0 Å². The first kappa shape index (κ1) is 17.6. The molecule has 1 aliphatic heterocycles. The highest BCUT2D eigenvalue weighted by Gasteiger charge is 2.30. The number of aliphatic hydroxyl groups is 1. The summed E-state index contributed by atoms with van der Waals surface area (Å²) in [4.78, 5) is 17.9. The van der Waals surface area contributed by atoms with Gasteiger partial charge in [0.05, 0.1) is 13.4 Å². The van der Waals surface area contributed by atoms with Crippen LogP contribution in [0.2, 0.25) is 0 Å². The maximum absolute atomic E-state index is 11.5. The molecule has 25 heavy (non-hydrogen) atoms. The van der Waals surface area contributed by atoms with Gasteiger partial charge in [0.2, 0.25) is 0 Å². The molecule has 0 amide bonds. The second-order valence-corrected chi connectivity index (χ2v) is 6.66. The molecule has 0 radical (unpaired) electrons. The zero-order valence-electron chi connectivity index (χ0n) is 14.8. The van der Waals surface area contributed by atoms with Gasteiger partial charge < -0.3 is 14.4 Å². The molecular formula is C19H25N3O3. The number of aryl methyl sites for hydroxylation is 1. The summed E-state index contributed by atoms with van der Waals surface area (Å²) in [6.07, 6.45) is 6.13. The number of carbonyl (C=O) groups excluding carboxylic acids is 1. The molecule has 1 fully saturated rings. The van der Waals surface area contributed by atoms with Gasteiger partial charge >= 0.3 is 5.97 Å². The largest absolute Gasteiger partial charge is 0.467 e. The number of hydrogen-bond acceptors (Lipinski definition) is 5. The fourth-order valence-corrected chi connectivity index (χ4v) is 3.41. The van der Waals surface area contributed by atoms with E-state index in [9.17, 15) is 9.90 Å². The summed E-state index contributed by atoms with van der Waals surface area (Å²) in [7, 11) is 1.32. The summed E-state index contributed by atoms with van der Waals surface area (Å²) in [6, 6.07) is 6.45. The van der Waals surface area contributed by atoms with Crippen molar-refractivity contribution in [2.45, 2.75) is 32.4 Å². The van der Waals surface area contributed by atoms with Crippen LogP contribution in [0.3, 0.4) is 0 Å². The molecule has 0 saturated carbocycles. The Morgan fingerprint density at radius 1 is 1.40 bits per heavy atom. The third kappa shape index (κ3) is 4.08. The van der Waals surface area contributed by atoms with Gasteiger partial charge in [0, 0.05) is 24.6 Å². The fourth-order valence-electron chi connectivity index (χ4n) is 3.41. The first-order valence-electron chi connectivity index (χ1n) is 8.64. The Balaban J connectivity index is 1.58. The average Bonchev–Trinajstić information content (AvgIpc) is 3.17. The van der Waals surface area contributed by atoms with Crippen molar-refractivity contribution >= 4 is 5.97 Å². The van der Waals surface area contributed by atoms with Crippen molar-refractivity contribution in [1.29, 1.82) is 0 Å². The average molecular weight is 343 g/mol. The number of carbonyl (C=O) groups is 1. The van der Waals surface area contributed by atoms with E-state index < -0.39 is 12.1 Å². The number of aromatic nitrogens is 2. The minimum atomic E-state index is -0.997. The van der Waals surface area contributed by atoms with Gasteiger partial charge in [0.15, 0.2) is 6.10 Å². The Morgan fingerprint density at radius 3 is 2.76 bits per heavy atom. The van der Waals surface area contributed by atoms with Gasteiger partial charge in [-0.25, -0.2) is 9.78 Å². The van der Waals surface area contributed by atoms with Crippen molar-refractivity contribution in [3.8, 4) is 5.69 Å². The normalized spacial score (nSPS) is 17.4. The Hall–Kier alpha value is -2.18. The van der Waals surface area contributed by atoms with Gasteiger partial charge in [0.25, 0.3) is 0 Å². The number of piperidine rings is 1. The molecule has 2 aromatic rings. The van der Waals surface area contributed by atoms with E-state index in [1.165, 1.54) is 18.2 Å². The molecule has 1 saturated heterocycles. The Morgan fingerprint density at radius 2 is 2.16 bits per heavy atom. The Kier molecular flexibility index (Phi) is 5.50. The van der Waals surface area contributed by atoms with E-state index in [0.29, 0.717) is 0 Å². The monoisotopic (exact) mass is 343 g/mol. The first-order valence-corrected chi connectivity index (χ1v) is 8.64. The van der Waals surface area contributed by atoms with E-state index in [2.05, 4.69) is 39.7 Å². The van der Waals surface area contributed by atoms with Crippen molar-refractivity contribution in [2.75, 3.05) is 20.2 Å². The van der Waals surface area contributed by atoms with Crippen LogP contribution in [0.1, 0.15) is 24.0 Å². The molecule has 1 atom stereocenters. The van der Waals surface area contributed by atoms with Crippen LogP contribution in [0, 0.1) is 12.8 Å². The molecule has 6 nitrogen and oxygen atoms in total. The van der Waals surface area contributed by atoms with Crippen LogP contribution in [-0.4, -0.2) is 51.8 Å². The van der Waals surface area contributed by atoms with E-state index in [1.54, 1.807) is 12.5 Å². The Bertz CT molecular complexity index is 707. The molecule has 0 spiro atoms. The standard InChI is InChI=1S/C19H25N3O3/c1-14-11-17(22-10-7-20-13-22)4-3-16(14)12-21-8-5-15(6-9-21)18(23)19(24)25-2/h3-4,7,10-11,13,15,18,23H,5-6,8-9,12H2,1-2H3. The maximum Gasteiger partial charge on any atom is 0.334 e. The zero-order valence-corrected chi connectivity index (χ0v) is 14.8. The molecule has 0 aliphatic carbocycles. The van der Waals surface area contributed by atoms with E-state index in [-0.39, 0.29) is 5.92 Å². The molecule has 134 valence electrons. The molecule has 1 N–H and O–H groups in total. The van der Waals surface area contributed by atoms with Crippen molar-refractivity contribution in [2.24, 2.45) is 5.92 Å². The Labute approximate surface area is 148 Å². The second-order valence-electron chi connectivity index (χ2n) is 6.66. The number of nitrogens with zero attached hydrogens (tertiary/aromatic N) is 3. The SMILES string of the molecule is COC(=O)C(O)C1CCN(Cc2ccc(-n3ccnc3)cc2C)CC1. The molecule has 6 heteroatoms. The predicted molar refractivity (Wildman–Crippen MR) is 94.3 cm³/mol. The van der Waals surface area contributed by atoms with Crippen LogP contribution in [0.5, 0.6) is 0 Å². The minimum absolute atomic E-state index is 0.00610. The topological polar surface area (TPSA) is 67.6 Å². The summed E-state index contributed by atoms with van der Waals surface area (Å²) in [5.41, 5.74) is 3.66. The smallest absolute Gasteiger partial charge is 0.334 e. The fraction of sp³-hybridized carbons (Fsp3) is 0.474. The van der Waals surface area contributed by atoms with Gasteiger partial charge in [-0.15, -0.1) is 0 Å². The quantitative estimate of drug-likeness (QED) is 0.840. The number of hydrogen-bond donors (Lipinski definition) is 1. The summed E-state index contributed by atoms with van der Waals surface area (Å²) in [5.74, 6) is -0.530. The van der Waals surface area contributed by atoms with Gasteiger partial charge in [-0.1, -0.05) is 6.07 Å². The van der Waals surface area contributed by atoms with E-state index in [1.807, 2.05) is 10.8 Å². The van der Waals surface area contributed by atoms with Gasteiger partial charge in [-0.2, -0.15) is 0 Å². The lowest BCUT2D eigenvalue weighted by atomic mass is 9.91. The third-order valence-electron chi connectivity index (χ3n) is 5.04. The van der Waals surface area contributed by atoms with Crippen LogP contribution in [0.25, 0.3) is 5.69 Å². The van der Waals surface area contributed by atoms with Crippen LogP contribution < -0.4 is 0 Å². The van der Waals surface area contributed by atoms with Crippen LogP contribution >= 0.6 is 0 Å². The maximum atomic E-state index is 11.5. The summed E-state index contributed by atoms with van der Waals surface area (Å²) in [6.45, 7) is 4.77. The highest BCUT2D eigenvalue weighted by molar-refractivity contribution is 5.74. The summed E-state index contributed by atoms with van der Waals surface area (Å²) >= 11 is 0. The van der Waals surface area contributed by atoms with E-state index in [4.69, 9.17) is 0 Å². The highest BCUT2D eigenvalue weighted by Crippen LogP contribution is 2.24. The molecule has 2 heterocycles. The first-order chi connectivity index (χ1) is 12.1. The van der Waals surface area contributed by atoms with E-state index >= 15 is 0 Å². The number of rotatable bonds is 5. The number of aliphatic hydroxyl groups excluding tert-OH is 1. The summed E-state index contributed by atoms with van der Waals surface area (Å²) in [5, 5.41) is 9.98. The van der Waals surface area contributed by atoms with Crippen molar-refractivity contribution < 1.29 is 14.6 Å². The summed E-state index contributed by atoms with van der Waals surface area (Å²) < 4.78 is 6.63. The lowest BCUT2D eigenvalue weighted by Crippen LogP contribution is -2.40. The van der Waals surface area contributed by atoms with Crippen LogP contribution in [0.4, 0.5) is 0 Å². The number of likely N-dealkylation sites (tertiary alicyclic amines) is 1. The van der Waals surface area contributed by atoms with E-state index in [0.717, 1.165) is 38.2 Å². The molecule has 1 aromatic heterocycles. The number of imidazole rings is 1. The lowest BCUT2D eigenvalue weighted by molar-refractivity contribution is -0.154. The van der Waals surface area contributed by atoms with Crippen molar-refractivity contribution in [3.05, 3.63) is 48.0 Å². The van der Waals surface area contributed by atoms with Crippen molar-refractivity contribution in [1.82, 2.24) is 14.5 Å². The zero-order chi connectivity index (χ0) is 17.8. The molecule has 3 rings (SSSR count). The van der Waals surface area contributed by atoms with Gasteiger partial charge in [-0.05, 0) is 62.0 Å². The van der Waals surface area contributed by atoms with Gasteiger partial charge in [0.1, 0.15) is 0 Å². The molecule has 1 aromatic carbocycles. The number of ether oxygens (including phenoxy) is 1. The number of benzene rings is 1. The lowest BCUT2D eigenvalue weighted by Gasteiger charge is -2.33. The van der Waals surface area contributed by atoms with Crippen LogP contribution in [0.15, 0.2) is 36.9 Å². The number of esters is 1. The van der Waals surface area contributed by atoms with Gasteiger partial charge in [-0.3, -0.25) is 4.90 Å². The van der Waals surface area contributed by atoms with Crippen LogP contribution in [-0.2, 0) is 16.1 Å². The molecule has 1 aliphatic rings. The second kappa shape index (κ2) is 7.80. The third-order valence-corrected chi connectivity index (χ3v) is 5.04.